The maximum atomic E-state index is 11.8. The Morgan fingerprint density at radius 2 is 2.28 bits per heavy atom. The van der Waals surface area contributed by atoms with Crippen molar-refractivity contribution in [3.8, 4) is 6.07 Å². The monoisotopic (exact) mass is 306 g/mol. The normalized spacial score (nSPS) is 10.0. The molecule has 0 aromatic carbocycles. The zero-order valence-electron chi connectivity index (χ0n) is 9.05. The Morgan fingerprint density at radius 3 is 3.00 bits per heavy atom. The molecule has 2 heterocycles. The molecule has 1 N–H and O–H groups in total. The maximum Gasteiger partial charge on any atom is 0.328 e. The number of nitrogens with zero attached hydrogens (tertiary/aromatic N) is 3. The number of aromatic nitrogens is 3. The molecular weight excluding hydrogens is 300 g/mol. The molecule has 0 fully saturated rings. The van der Waals surface area contributed by atoms with E-state index in [9.17, 15) is 9.59 Å². The van der Waals surface area contributed by atoms with Gasteiger partial charge in [-0.1, -0.05) is 0 Å². The highest BCUT2D eigenvalue weighted by Crippen LogP contribution is 2.03. The molecule has 90 valence electrons. The minimum Gasteiger partial charge on any atom is -0.313 e. The number of hydrogen-bond acceptors (Lipinski definition) is 4. The maximum absolute atomic E-state index is 11.8. The number of halogens is 1. The summed E-state index contributed by atoms with van der Waals surface area (Å²) in [5.74, 6) is 0. The first-order valence-corrected chi connectivity index (χ1v) is 5.74. The van der Waals surface area contributed by atoms with E-state index in [1.807, 2.05) is 6.07 Å². The number of H-pyrrole nitrogens is 1. The molecule has 0 amide bonds. The highest BCUT2D eigenvalue weighted by Gasteiger charge is 2.06. The number of nitrogens with one attached hydrogen (secondary N) is 1. The second kappa shape index (κ2) is 4.98. The van der Waals surface area contributed by atoms with Crippen LogP contribution in [0.25, 0.3) is 0 Å². The van der Waals surface area contributed by atoms with E-state index >= 15 is 0 Å². The van der Waals surface area contributed by atoms with Crippen LogP contribution in [-0.4, -0.2) is 14.5 Å². The van der Waals surface area contributed by atoms with Crippen LogP contribution in [0, 0.1) is 11.3 Å². The first kappa shape index (κ1) is 12.3. The average molecular weight is 307 g/mol. The van der Waals surface area contributed by atoms with E-state index in [0.717, 1.165) is 4.57 Å². The predicted molar refractivity (Wildman–Crippen MR) is 67.1 cm³/mol. The Bertz CT molecular complexity index is 742. The lowest BCUT2D eigenvalue weighted by molar-refractivity contribution is 0.693. The third kappa shape index (κ3) is 2.38. The molecule has 0 saturated carbocycles. The van der Waals surface area contributed by atoms with Gasteiger partial charge in [0, 0.05) is 12.4 Å². The van der Waals surface area contributed by atoms with E-state index in [1.54, 1.807) is 6.07 Å². The summed E-state index contributed by atoms with van der Waals surface area (Å²) in [4.78, 5) is 29.6. The van der Waals surface area contributed by atoms with Crippen molar-refractivity contribution in [1.29, 1.82) is 5.26 Å². The summed E-state index contributed by atoms with van der Waals surface area (Å²) in [5, 5.41) is 8.72. The van der Waals surface area contributed by atoms with E-state index in [-0.39, 0.29) is 16.7 Å². The molecule has 6 nitrogen and oxygen atoms in total. The molecule has 0 spiro atoms. The number of nitriles is 1. The van der Waals surface area contributed by atoms with Crippen LogP contribution in [0.3, 0.4) is 0 Å². The van der Waals surface area contributed by atoms with Crippen LogP contribution in [0.2, 0.25) is 0 Å². The van der Waals surface area contributed by atoms with Gasteiger partial charge >= 0.3 is 5.69 Å². The summed E-state index contributed by atoms with van der Waals surface area (Å²) in [6, 6.07) is 5.08. The predicted octanol–water partition coefficient (Wildman–Crippen LogP) is 0.614. The molecule has 0 aliphatic heterocycles. The van der Waals surface area contributed by atoms with Crippen molar-refractivity contribution in [2.24, 2.45) is 0 Å². The van der Waals surface area contributed by atoms with Crippen LogP contribution in [0.15, 0.2) is 38.6 Å². The molecule has 0 saturated heterocycles. The van der Waals surface area contributed by atoms with Crippen molar-refractivity contribution in [2.75, 3.05) is 0 Å². The summed E-state index contributed by atoms with van der Waals surface area (Å²) < 4.78 is 1.32. The summed E-state index contributed by atoms with van der Waals surface area (Å²) in [6.45, 7) is 0.0881. The van der Waals surface area contributed by atoms with Crippen molar-refractivity contribution >= 4 is 15.9 Å². The largest absolute Gasteiger partial charge is 0.328 e. The summed E-state index contributed by atoms with van der Waals surface area (Å²) in [7, 11) is 0. The molecule has 7 heteroatoms. The first-order chi connectivity index (χ1) is 8.61. The summed E-state index contributed by atoms with van der Waals surface area (Å²) >= 11 is 3.05. The van der Waals surface area contributed by atoms with Crippen molar-refractivity contribution in [3.05, 3.63) is 61.1 Å². The minimum atomic E-state index is -0.501. The molecule has 0 aliphatic rings. The van der Waals surface area contributed by atoms with E-state index < -0.39 is 11.2 Å². The third-order valence-electron chi connectivity index (χ3n) is 2.30. The second-order valence-corrected chi connectivity index (χ2v) is 4.35. The Morgan fingerprint density at radius 1 is 1.50 bits per heavy atom. The number of rotatable bonds is 2. The molecule has 2 aromatic rings. The van der Waals surface area contributed by atoms with Crippen molar-refractivity contribution in [3.63, 3.8) is 0 Å². The van der Waals surface area contributed by atoms with Crippen LogP contribution >= 0.6 is 15.9 Å². The highest BCUT2D eigenvalue weighted by molar-refractivity contribution is 9.10. The van der Waals surface area contributed by atoms with Gasteiger partial charge in [-0.25, -0.2) is 9.78 Å². The van der Waals surface area contributed by atoms with Crippen LogP contribution in [0.1, 0.15) is 11.3 Å². The zero-order valence-corrected chi connectivity index (χ0v) is 10.6. The summed E-state index contributed by atoms with van der Waals surface area (Å²) in [6.07, 6.45) is 2.76. The Balaban J connectivity index is 2.47. The van der Waals surface area contributed by atoms with Crippen LogP contribution < -0.4 is 11.2 Å². The van der Waals surface area contributed by atoms with Gasteiger partial charge in [0.05, 0.1) is 11.0 Å². The Labute approximate surface area is 110 Å². The SMILES string of the molecule is N#Cc1cc(Cn2c(=O)[nH]cc(Br)c2=O)ccn1. The standard InChI is InChI=1S/C11H7BrN4O2/c12-9-5-15-11(18)16(10(9)17)6-7-1-2-14-8(3-7)4-13/h1-3,5H,6H2,(H,15,18). The second-order valence-electron chi connectivity index (χ2n) is 3.49. The lowest BCUT2D eigenvalue weighted by atomic mass is 10.2. The highest BCUT2D eigenvalue weighted by atomic mass is 79.9. The van der Waals surface area contributed by atoms with Gasteiger partial charge < -0.3 is 4.98 Å². The van der Waals surface area contributed by atoms with Gasteiger partial charge in [0.25, 0.3) is 5.56 Å². The van der Waals surface area contributed by atoms with Crippen LogP contribution in [-0.2, 0) is 6.54 Å². The number of hydrogen-bond donors (Lipinski definition) is 1. The van der Waals surface area contributed by atoms with E-state index in [1.165, 1.54) is 18.5 Å². The fourth-order valence-corrected chi connectivity index (χ4v) is 1.77. The third-order valence-corrected chi connectivity index (χ3v) is 2.86. The number of pyridine rings is 1. The summed E-state index contributed by atoms with van der Waals surface area (Å²) in [5.41, 5.74) is -0.0215. The van der Waals surface area contributed by atoms with Crippen molar-refractivity contribution in [1.82, 2.24) is 14.5 Å². The molecular formula is C11H7BrN4O2. The molecule has 0 atom stereocenters. The lowest BCUT2D eigenvalue weighted by Crippen LogP contribution is -2.35. The first-order valence-electron chi connectivity index (χ1n) is 4.95. The smallest absolute Gasteiger partial charge is 0.313 e. The van der Waals surface area contributed by atoms with E-state index in [4.69, 9.17) is 5.26 Å². The molecule has 2 rings (SSSR count). The molecule has 0 radical (unpaired) electrons. The van der Waals surface area contributed by atoms with Crippen molar-refractivity contribution in [2.45, 2.75) is 6.54 Å². The fraction of sp³-hybridized carbons (Fsp3) is 0.0909. The quantitative estimate of drug-likeness (QED) is 0.880. The van der Waals surface area contributed by atoms with Gasteiger partial charge in [-0.05, 0) is 33.6 Å². The Kier molecular flexibility index (Phi) is 3.39. The molecule has 18 heavy (non-hydrogen) atoms. The molecule has 0 unspecified atom stereocenters. The minimum absolute atomic E-state index is 0.0881. The van der Waals surface area contributed by atoms with Gasteiger partial charge in [-0.15, -0.1) is 0 Å². The lowest BCUT2D eigenvalue weighted by Gasteiger charge is -2.04. The molecule has 2 aromatic heterocycles. The van der Waals surface area contributed by atoms with Crippen LogP contribution in [0.4, 0.5) is 0 Å². The van der Waals surface area contributed by atoms with Gasteiger partial charge in [-0.3, -0.25) is 9.36 Å². The average Bonchev–Trinajstić information content (AvgIpc) is 2.39. The van der Waals surface area contributed by atoms with Crippen molar-refractivity contribution < 1.29 is 0 Å². The van der Waals surface area contributed by atoms with Gasteiger partial charge in [-0.2, -0.15) is 5.26 Å². The van der Waals surface area contributed by atoms with Gasteiger partial charge in [0.15, 0.2) is 0 Å². The van der Waals surface area contributed by atoms with Crippen LogP contribution in [0.5, 0.6) is 0 Å². The fourth-order valence-electron chi connectivity index (χ4n) is 1.45. The molecule has 0 aliphatic carbocycles. The van der Waals surface area contributed by atoms with Gasteiger partial charge in [0.1, 0.15) is 11.8 Å². The topological polar surface area (TPSA) is 91.5 Å². The Hall–Kier alpha value is -2.20. The number of aromatic amines is 1. The molecule has 0 bridgehead atoms. The van der Waals surface area contributed by atoms with E-state index in [0.29, 0.717) is 5.56 Å². The zero-order chi connectivity index (χ0) is 13.1. The van der Waals surface area contributed by atoms with Gasteiger partial charge in [0.2, 0.25) is 0 Å². The van der Waals surface area contributed by atoms with E-state index in [2.05, 4.69) is 25.9 Å².